The number of hydrogen-bond acceptors (Lipinski definition) is 4. The third-order valence-corrected chi connectivity index (χ3v) is 3.61. The van der Waals surface area contributed by atoms with Crippen LogP contribution in [-0.2, 0) is 16.0 Å². The van der Waals surface area contributed by atoms with Crippen molar-refractivity contribution in [2.24, 2.45) is 0 Å². The Morgan fingerprint density at radius 2 is 1.52 bits per heavy atom. The van der Waals surface area contributed by atoms with Crippen molar-refractivity contribution in [2.75, 3.05) is 0 Å². The molecule has 1 atom stereocenters. The monoisotopic (exact) mass is 371 g/mol. The second kappa shape index (κ2) is 8.58. The Bertz CT molecular complexity index is 776. The zero-order valence-electron chi connectivity index (χ0n) is 16.0. The van der Waals surface area contributed by atoms with Crippen molar-refractivity contribution < 1.29 is 24.2 Å². The van der Waals surface area contributed by atoms with Gasteiger partial charge in [0, 0.05) is 6.42 Å². The summed E-state index contributed by atoms with van der Waals surface area (Å²) in [7, 11) is 0. The van der Waals surface area contributed by atoms with Gasteiger partial charge >= 0.3 is 12.1 Å². The number of rotatable bonds is 6. The molecule has 0 saturated heterocycles. The standard InChI is InChI=1S/C21H25NO5/c1-14-5-9-16(10-6-14)26-17-11-7-15(8-12-17)13-18(19(23)24)22-20(25)27-21(2,3)4/h5-12,18H,13H2,1-4H3,(H,22,25)(H,23,24). The summed E-state index contributed by atoms with van der Waals surface area (Å²) in [4.78, 5) is 23.3. The predicted octanol–water partition coefficient (Wildman–Crippen LogP) is 4.31. The molecule has 1 unspecified atom stereocenters. The van der Waals surface area contributed by atoms with Crippen molar-refractivity contribution in [2.45, 2.75) is 45.8 Å². The Morgan fingerprint density at radius 3 is 2.00 bits per heavy atom. The van der Waals surface area contributed by atoms with E-state index in [1.165, 1.54) is 0 Å². The van der Waals surface area contributed by atoms with Crippen LogP contribution in [0, 0.1) is 6.92 Å². The zero-order chi connectivity index (χ0) is 20.0. The molecular formula is C21H25NO5. The van der Waals surface area contributed by atoms with Gasteiger partial charge < -0.3 is 19.9 Å². The van der Waals surface area contributed by atoms with Gasteiger partial charge in [0.05, 0.1) is 0 Å². The molecule has 144 valence electrons. The number of aliphatic carboxylic acids is 1. The van der Waals surface area contributed by atoms with Crippen molar-refractivity contribution in [3.8, 4) is 11.5 Å². The van der Waals surface area contributed by atoms with E-state index in [1.54, 1.807) is 45.0 Å². The highest BCUT2D eigenvalue weighted by atomic mass is 16.6. The predicted molar refractivity (Wildman–Crippen MR) is 102 cm³/mol. The molecule has 6 nitrogen and oxygen atoms in total. The van der Waals surface area contributed by atoms with E-state index < -0.39 is 23.7 Å². The van der Waals surface area contributed by atoms with Crippen molar-refractivity contribution in [1.82, 2.24) is 5.32 Å². The third-order valence-electron chi connectivity index (χ3n) is 3.61. The van der Waals surface area contributed by atoms with E-state index in [1.807, 2.05) is 31.2 Å². The molecule has 0 bridgehead atoms. The van der Waals surface area contributed by atoms with Crippen LogP contribution in [0.5, 0.6) is 11.5 Å². The fourth-order valence-electron chi connectivity index (χ4n) is 2.32. The minimum absolute atomic E-state index is 0.138. The number of carboxylic acids is 1. The molecule has 0 heterocycles. The highest BCUT2D eigenvalue weighted by Gasteiger charge is 2.24. The summed E-state index contributed by atoms with van der Waals surface area (Å²) < 4.78 is 10.9. The first-order valence-electron chi connectivity index (χ1n) is 8.68. The molecular weight excluding hydrogens is 346 g/mol. The quantitative estimate of drug-likeness (QED) is 0.790. The Balaban J connectivity index is 1.98. The van der Waals surface area contributed by atoms with Crippen molar-refractivity contribution in [1.29, 1.82) is 0 Å². The van der Waals surface area contributed by atoms with Crippen LogP contribution >= 0.6 is 0 Å². The van der Waals surface area contributed by atoms with Crippen molar-refractivity contribution in [3.05, 3.63) is 59.7 Å². The van der Waals surface area contributed by atoms with E-state index in [0.29, 0.717) is 5.75 Å². The summed E-state index contributed by atoms with van der Waals surface area (Å²) in [5, 5.41) is 11.7. The van der Waals surface area contributed by atoms with Gasteiger partial charge in [-0.25, -0.2) is 9.59 Å². The normalized spacial score (nSPS) is 12.1. The van der Waals surface area contributed by atoms with Crippen LogP contribution in [0.15, 0.2) is 48.5 Å². The average molecular weight is 371 g/mol. The van der Waals surface area contributed by atoms with Gasteiger partial charge in [0.2, 0.25) is 0 Å². The van der Waals surface area contributed by atoms with E-state index in [9.17, 15) is 14.7 Å². The van der Waals surface area contributed by atoms with E-state index in [4.69, 9.17) is 9.47 Å². The van der Waals surface area contributed by atoms with Crippen LogP contribution < -0.4 is 10.1 Å². The second-order valence-electron chi connectivity index (χ2n) is 7.30. The summed E-state index contributed by atoms with van der Waals surface area (Å²) in [6, 6.07) is 13.7. The van der Waals surface area contributed by atoms with Gasteiger partial charge in [-0.15, -0.1) is 0 Å². The lowest BCUT2D eigenvalue weighted by atomic mass is 10.1. The van der Waals surface area contributed by atoms with Crippen LogP contribution in [-0.4, -0.2) is 28.8 Å². The number of aryl methyl sites for hydroxylation is 1. The number of alkyl carbamates (subject to hydrolysis) is 1. The fourth-order valence-corrected chi connectivity index (χ4v) is 2.32. The molecule has 0 saturated carbocycles. The Kier molecular flexibility index (Phi) is 6.45. The lowest BCUT2D eigenvalue weighted by molar-refractivity contribution is -0.139. The summed E-state index contributed by atoms with van der Waals surface area (Å²) in [5.74, 6) is 0.249. The van der Waals surface area contributed by atoms with Crippen LogP contribution in [0.3, 0.4) is 0 Å². The maximum Gasteiger partial charge on any atom is 0.408 e. The SMILES string of the molecule is Cc1ccc(Oc2ccc(CC(NC(=O)OC(C)(C)C)C(=O)O)cc2)cc1. The minimum Gasteiger partial charge on any atom is -0.480 e. The first-order chi connectivity index (χ1) is 12.6. The number of hydrogen-bond donors (Lipinski definition) is 2. The Labute approximate surface area is 159 Å². The van der Waals surface area contributed by atoms with Crippen LogP contribution in [0.1, 0.15) is 31.9 Å². The number of carbonyl (C=O) groups is 2. The second-order valence-corrected chi connectivity index (χ2v) is 7.30. The third kappa shape index (κ3) is 7.01. The van der Waals surface area contributed by atoms with Gasteiger partial charge in [0.15, 0.2) is 0 Å². The number of amides is 1. The number of nitrogens with one attached hydrogen (secondary N) is 1. The summed E-state index contributed by atoms with van der Waals surface area (Å²) in [6.45, 7) is 7.15. The first-order valence-corrected chi connectivity index (χ1v) is 8.68. The number of ether oxygens (including phenoxy) is 2. The molecule has 2 aromatic rings. The molecule has 0 radical (unpaired) electrons. The maximum atomic E-state index is 11.8. The maximum absolute atomic E-state index is 11.8. The number of carboxylic acid groups (broad SMARTS) is 1. The smallest absolute Gasteiger partial charge is 0.408 e. The summed E-state index contributed by atoms with van der Waals surface area (Å²) >= 11 is 0. The molecule has 2 aromatic carbocycles. The molecule has 0 spiro atoms. The molecule has 2 rings (SSSR count). The summed E-state index contributed by atoms with van der Waals surface area (Å²) in [6.07, 6.45) is -0.617. The lowest BCUT2D eigenvalue weighted by Gasteiger charge is -2.22. The van der Waals surface area contributed by atoms with Gasteiger partial charge in [-0.1, -0.05) is 29.8 Å². The van der Waals surface area contributed by atoms with Gasteiger partial charge in [0.25, 0.3) is 0 Å². The van der Waals surface area contributed by atoms with Gasteiger partial charge in [-0.05, 0) is 57.5 Å². The minimum atomic E-state index is -1.12. The molecule has 2 N–H and O–H groups in total. The van der Waals surface area contributed by atoms with E-state index in [0.717, 1.165) is 16.9 Å². The van der Waals surface area contributed by atoms with Gasteiger partial charge in [-0.3, -0.25) is 0 Å². The highest BCUT2D eigenvalue weighted by Crippen LogP contribution is 2.22. The van der Waals surface area contributed by atoms with Crippen LogP contribution in [0.4, 0.5) is 4.79 Å². The topological polar surface area (TPSA) is 84.9 Å². The van der Waals surface area contributed by atoms with Crippen molar-refractivity contribution >= 4 is 12.1 Å². The van der Waals surface area contributed by atoms with E-state index in [-0.39, 0.29) is 6.42 Å². The van der Waals surface area contributed by atoms with Gasteiger partial charge in [0.1, 0.15) is 23.1 Å². The largest absolute Gasteiger partial charge is 0.480 e. The van der Waals surface area contributed by atoms with Crippen LogP contribution in [0.2, 0.25) is 0 Å². The zero-order valence-corrected chi connectivity index (χ0v) is 16.0. The lowest BCUT2D eigenvalue weighted by Crippen LogP contribution is -2.44. The molecule has 1 amide bonds. The molecule has 0 aromatic heterocycles. The first kappa shape index (κ1) is 20.3. The van der Waals surface area contributed by atoms with Crippen LogP contribution in [0.25, 0.3) is 0 Å². The molecule has 0 aliphatic rings. The Hall–Kier alpha value is -3.02. The summed E-state index contributed by atoms with van der Waals surface area (Å²) in [5.41, 5.74) is 1.21. The molecule has 6 heteroatoms. The highest BCUT2D eigenvalue weighted by molar-refractivity contribution is 5.80. The van der Waals surface area contributed by atoms with Crippen molar-refractivity contribution in [3.63, 3.8) is 0 Å². The molecule has 0 aliphatic carbocycles. The number of benzene rings is 2. The number of carbonyl (C=O) groups excluding carboxylic acids is 1. The molecule has 0 fully saturated rings. The average Bonchev–Trinajstić information content (AvgIpc) is 2.56. The Morgan fingerprint density at radius 1 is 1.00 bits per heavy atom. The van der Waals surface area contributed by atoms with E-state index >= 15 is 0 Å². The molecule has 27 heavy (non-hydrogen) atoms. The van der Waals surface area contributed by atoms with Gasteiger partial charge in [-0.2, -0.15) is 0 Å². The molecule has 0 aliphatic heterocycles. The van der Waals surface area contributed by atoms with E-state index in [2.05, 4.69) is 5.32 Å². The fraction of sp³-hybridized carbons (Fsp3) is 0.333.